The lowest BCUT2D eigenvalue weighted by atomic mass is 10.2. The van der Waals surface area contributed by atoms with Gasteiger partial charge in [-0.1, -0.05) is 18.2 Å². The number of pyridine rings is 1. The molecule has 0 aliphatic carbocycles. The zero-order valence-corrected chi connectivity index (χ0v) is 14.2. The molecule has 0 aliphatic rings. The van der Waals surface area contributed by atoms with Gasteiger partial charge in [0.1, 0.15) is 17.4 Å². The molecule has 0 fully saturated rings. The second kappa shape index (κ2) is 8.11. The molecule has 132 valence electrons. The molecule has 2 aromatic carbocycles. The highest BCUT2D eigenvalue weighted by Crippen LogP contribution is 2.24. The number of nitrogens with zero attached hydrogens (tertiary/aromatic N) is 1. The highest BCUT2D eigenvalue weighted by molar-refractivity contribution is 6.04. The number of hydrogen-bond donors (Lipinski definition) is 2. The molecule has 0 bridgehead atoms. The molecular weight excluding hydrogens is 333 g/mol. The summed E-state index contributed by atoms with van der Waals surface area (Å²) in [6.07, 6.45) is 1.46. The Kier molecular flexibility index (Phi) is 5.43. The van der Waals surface area contributed by atoms with E-state index in [1.165, 1.54) is 18.3 Å². The van der Waals surface area contributed by atoms with Crippen molar-refractivity contribution in [2.24, 2.45) is 0 Å². The molecule has 5 nitrogen and oxygen atoms in total. The van der Waals surface area contributed by atoms with Crippen LogP contribution in [0.25, 0.3) is 0 Å². The van der Waals surface area contributed by atoms with Crippen molar-refractivity contribution in [3.8, 4) is 5.75 Å². The number of hydrogen-bond acceptors (Lipinski definition) is 4. The quantitative estimate of drug-likeness (QED) is 0.680. The van der Waals surface area contributed by atoms with Crippen molar-refractivity contribution in [3.63, 3.8) is 0 Å². The zero-order valence-electron chi connectivity index (χ0n) is 14.2. The minimum absolute atomic E-state index is 0.290. The summed E-state index contributed by atoms with van der Waals surface area (Å²) in [5.74, 6) is 0.503. The SMILES string of the molecule is CCOc1ccccc1NC(=O)c1ccc(Nc2cccc(F)c2)nc1. The van der Waals surface area contributed by atoms with E-state index >= 15 is 0 Å². The topological polar surface area (TPSA) is 63.2 Å². The van der Waals surface area contributed by atoms with Crippen LogP contribution in [0.15, 0.2) is 66.9 Å². The number of aromatic nitrogens is 1. The Morgan fingerprint density at radius 3 is 2.69 bits per heavy atom. The first kappa shape index (κ1) is 17.4. The predicted molar refractivity (Wildman–Crippen MR) is 99.5 cm³/mol. The first-order valence-corrected chi connectivity index (χ1v) is 8.17. The van der Waals surface area contributed by atoms with E-state index in [4.69, 9.17) is 4.74 Å². The predicted octanol–water partition coefficient (Wildman–Crippen LogP) is 4.62. The Hall–Kier alpha value is -3.41. The summed E-state index contributed by atoms with van der Waals surface area (Å²) >= 11 is 0. The van der Waals surface area contributed by atoms with E-state index in [9.17, 15) is 9.18 Å². The number of amides is 1. The molecule has 0 spiro atoms. The molecule has 3 aromatic rings. The maximum atomic E-state index is 13.2. The molecule has 26 heavy (non-hydrogen) atoms. The van der Waals surface area contributed by atoms with Gasteiger partial charge in [0, 0.05) is 11.9 Å². The molecule has 1 heterocycles. The third kappa shape index (κ3) is 4.36. The minimum atomic E-state index is -0.334. The van der Waals surface area contributed by atoms with Crippen molar-refractivity contribution in [1.29, 1.82) is 0 Å². The zero-order chi connectivity index (χ0) is 18.4. The lowest BCUT2D eigenvalue weighted by Crippen LogP contribution is -2.13. The molecule has 6 heteroatoms. The minimum Gasteiger partial charge on any atom is -0.492 e. The number of carbonyl (C=O) groups excluding carboxylic acids is 1. The Balaban J connectivity index is 1.69. The molecule has 0 unspecified atom stereocenters. The number of halogens is 1. The Morgan fingerprint density at radius 1 is 1.12 bits per heavy atom. The third-order valence-electron chi connectivity index (χ3n) is 3.56. The third-order valence-corrected chi connectivity index (χ3v) is 3.56. The summed E-state index contributed by atoms with van der Waals surface area (Å²) < 4.78 is 18.7. The molecular formula is C20H18FN3O2. The van der Waals surface area contributed by atoms with Crippen molar-refractivity contribution in [3.05, 3.63) is 78.2 Å². The maximum absolute atomic E-state index is 13.2. The van der Waals surface area contributed by atoms with Gasteiger partial charge >= 0.3 is 0 Å². The average Bonchev–Trinajstić information content (AvgIpc) is 2.64. The van der Waals surface area contributed by atoms with Gasteiger partial charge in [-0.2, -0.15) is 0 Å². The molecule has 1 amide bonds. The largest absolute Gasteiger partial charge is 0.492 e. The molecule has 0 atom stereocenters. The van der Waals surface area contributed by atoms with E-state index in [1.807, 2.05) is 19.1 Å². The van der Waals surface area contributed by atoms with Gasteiger partial charge in [0.15, 0.2) is 0 Å². The summed E-state index contributed by atoms with van der Waals surface area (Å²) in [6.45, 7) is 2.39. The first-order chi connectivity index (χ1) is 12.7. The lowest BCUT2D eigenvalue weighted by Gasteiger charge is -2.11. The van der Waals surface area contributed by atoms with E-state index in [0.717, 1.165) is 0 Å². The van der Waals surface area contributed by atoms with Gasteiger partial charge in [-0.15, -0.1) is 0 Å². The normalized spacial score (nSPS) is 10.2. The summed E-state index contributed by atoms with van der Waals surface area (Å²) in [5, 5.41) is 5.80. The van der Waals surface area contributed by atoms with Gasteiger partial charge in [-0.3, -0.25) is 4.79 Å². The van der Waals surface area contributed by atoms with Gasteiger partial charge in [0.25, 0.3) is 5.91 Å². The summed E-state index contributed by atoms with van der Waals surface area (Å²) in [4.78, 5) is 16.6. The van der Waals surface area contributed by atoms with Crippen LogP contribution in [-0.2, 0) is 0 Å². The number of anilines is 3. The average molecular weight is 351 g/mol. The van der Waals surface area contributed by atoms with E-state index in [-0.39, 0.29) is 11.7 Å². The van der Waals surface area contributed by atoms with Gasteiger partial charge in [-0.25, -0.2) is 9.37 Å². The van der Waals surface area contributed by atoms with Gasteiger partial charge in [0.2, 0.25) is 0 Å². The van der Waals surface area contributed by atoms with Crippen molar-refractivity contribution in [1.82, 2.24) is 4.98 Å². The van der Waals surface area contributed by atoms with Crippen LogP contribution in [0, 0.1) is 5.82 Å². The Morgan fingerprint density at radius 2 is 1.96 bits per heavy atom. The van der Waals surface area contributed by atoms with E-state index in [0.29, 0.717) is 35.1 Å². The number of benzene rings is 2. The smallest absolute Gasteiger partial charge is 0.257 e. The monoisotopic (exact) mass is 351 g/mol. The van der Waals surface area contributed by atoms with E-state index in [2.05, 4.69) is 15.6 Å². The van der Waals surface area contributed by atoms with Crippen molar-refractivity contribution in [2.75, 3.05) is 17.2 Å². The Labute approximate surface area is 150 Å². The van der Waals surface area contributed by atoms with E-state index < -0.39 is 0 Å². The van der Waals surface area contributed by atoms with Crippen molar-refractivity contribution < 1.29 is 13.9 Å². The first-order valence-electron chi connectivity index (χ1n) is 8.17. The number of carbonyl (C=O) groups is 1. The van der Waals surface area contributed by atoms with Crippen LogP contribution >= 0.6 is 0 Å². The highest BCUT2D eigenvalue weighted by atomic mass is 19.1. The number of nitrogens with one attached hydrogen (secondary N) is 2. The van der Waals surface area contributed by atoms with Crippen LogP contribution in [0.3, 0.4) is 0 Å². The summed E-state index contributed by atoms with van der Waals surface area (Å²) in [6, 6.07) is 16.6. The highest BCUT2D eigenvalue weighted by Gasteiger charge is 2.10. The molecule has 3 rings (SSSR count). The van der Waals surface area contributed by atoms with Crippen molar-refractivity contribution >= 4 is 23.1 Å². The van der Waals surface area contributed by atoms with Crippen LogP contribution < -0.4 is 15.4 Å². The maximum Gasteiger partial charge on any atom is 0.257 e. The molecule has 0 saturated carbocycles. The lowest BCUT2D eigenvalue weighted by molar-refractivity contribution is 0.102. The number of rotatable bonds is 6. The van der Waals surface area contributed by atoms with Crippen LogP contribution in [0.5, 0.6) is 5.75 Å². The standard InChI is InChI=1S/C20H18FN3O2/c1-2-26-18-9-4-3-8-17(18)24-20(25)14-10-11-19(22-13-14)23-16-7-5-6-15(21)12-16/h3-13H,2H2,1H3,(H,22,23)(H,24,25). The van der Waals surface area contributed by atoms with Crippen LogP contribution in [0.1, 0.15) is 17.3 Å². The molecule has 2 N–H and O–H groups in total. The fraction of sp³-hybridized carbons (Fsp3) is 0.100. The van der Waals surface area contributed by atoms with Crippen LogP contribution in [0.4, 0.5) is 21.6 Å². The number of para-hydroxylation sites is 2. The molecule has 1 aromatic heterocycles. The Bertz CT molecular complexity index is 898. The number of ether oxygens (including phenoxy) is 1. The van der Waals surface area contributed by atoms with Gasteiger partial charge in [0.05, 0.1) is 17.9 Å². The van der Waals surface area contributed by atoms with Gasteiger partial charge < -0.3 is 15.4 Å². The van der Waals surface area contributed by atoms with E-state index in [1.54, 1.807) is 36.4 Å². The second-order valence-corrected chi connectivity index (χ2v) is 5.45. The van der Waals surface area contributed by atoms with Gasteiger partial charge in [-0.05, 0) is 49.4 Å². The van der Waals surface area contributed by atoms with Crippen LogP contribution in [0.2, 0.25) is 0 Å². The molecule has 0 radical (unpaired) electrons. The molecule has 0 saturated heterocycles. The fourth-order valence-corrected chi connectivity index (χ4v) is 2.36. The van der Waals surface area contributed by atoms with Crippen molar-refractivity contribution in [2.45, 2.75) is 6.92 Å². The molecule has 0 aliphatic heterocycles. The fourth-order valence-electron chi connectivity index (χ4n) is 2.36. The van der Waals surface area contributed by atoms with Crippen LogP contribution in [-0.4, -0.2) is 17.5 Å². The summed E-state index contributed by atoms with van der Waals surface area (Å²) in [5.41, 5.74) is 1.59. The summed E-state index contributed by atoms with van der Waals surface area (Å²) in [7, 11) is 0. The second-order valence-electron chi connectivity index (χ2n) is 5.45.